The Balaban J connectivity index is 0.000000361. The minimum absolute atomic E-state index is 0. The molecule has 0 aliphatic rings. The van der Waals surface area contributed by atoms with Crippen LogP contribution in [0.25, 0.3) is 0 Å². The fourth-order valence-electron chi connectivity index (χ4n) is 3.21. The van der Waals surface area contributed by atoms with E-state index >= 15 is 0 Å². The zero-order valence-corrected chi connectivity index (χ0v) is 24.4. The Morgan fingerprint density at radius 2 is 1.11 bits per heavy atom. The van der Waals surface area contributed by atoms with Crippen molar-refractivity contribution in [2.45, 2.75) is 20.5 Å². The molecule has 0 atom stereocenters. The first-order chi connectivity index (χ1) is 17.3. The third kappa shape index (κ3) is 10.3. The van der Waals surface area contributed by atoms with Crippen LogP contribution in [0.1, 0.15) is 39.3 Å². The maximum Gasteiger partial charge on any atom is 0.253 e. The standard InChI is InChI=1S/2C14H13ClN2O.CH4.W/c2*15-13-7-6-11(16)8-12(13)14(18)17-9-10-4-2-1-3-5-10;;/h2*1-8H,9,16H2,(H,17,18);1H4;/p+1. The van der Waals surface area contributed by atoms with Crippen molar-refractivity contribution < 1.29 is 36.4 Å². The van der Waals surface area contributed by atoms with E-state index in [0.29, 0.717) is 39.9 Å². The van der Waals surface area contributed by atoms with Crippen molar-refractivity contribution in [1.82, 2.24) is 10.6 Å². The SMILES string of the molecule is C.Nc1ccc(Cl)c(C(=O)NCc2ccccc2)c1.[NH3+]c1ccc(Cl)c(C(=O)NCc2ccccc2)c1.[W]. The monoisotopic (exact) mass is 721 g/mol. The maximum atomic E-state index is 12.0. The number of benzene rings is 4. The van der Waals surface area contributed by atoms with Gasteiger partial charge in [0.05, 0.1) is 21.2 Å². The summed E-state index contributed by atoms with van der Waals surface area (Å²) in [4.78, 5) is 23.9. The van der Waals surface area contributed by atoms with Crippen molar-refractivity contribution in [3.05, 3.63) is 129 Å². The molecular weight excluding hydrogens is 691 g/mol. The zero-order valence-electron chi connectivity index (χ0n) is 19.9. The van der Waals surface area contributed by atoms with E-state index in [1.54, 1.807) is 36.4 Å². The van der Waals surface area contributed by atoms with Gasteiger partial charge in [0, 0.05) is 52.0 Å². The number of nitrogens with one attached hydrogen (secondary N) is 2. The van der Waals surface area contributed by atoms with Crippen LogP contribution in [0, 0.1) is 0 Å². The number of nitrogen functional groups attached to an aromatic ring is 1. The number of rotatable bonds is 6. The zero-order chi connectivity index (χ0) is 25.9. The fourth-order valence-corrected chi connectivity index (χ4v) is 3.62. The number of hydrogen-bond acceptors (Lipinski definition) is 3. The van der Waals surface area contributed by atoms with Gasteiger partial charge in [0.1, 0.15) is 5.69 Å². The molecule has 38 heavy (non-hydrogen) atoms. The first kappa shape index (κ1) is 32.9. The van der Waals surface area contributed by atoms with Gasteiger partial charge in [-0.25, -0.2) is 0 Å². The van der Waals surface area contributed by atoms with E-state index in [4.69, 9.17) is 28.9 Å². The van der Waals surface area contributed by atoms with Gasteiger partial charge in [-0.3, -0.25) is 9.59 Å². The van der Waals surface area contributed by atoms with E-state index in [0.717, 1.165) is 16.8 Å². The van der Waals surface area contributed by atoms with Crippen LogP contribution in [-0.4, -0.2) is 11.8 Å². The van der Waals surface area contributed by atoms with E-state index < -0.39 is 0 Å². The predicted molar refractivity (Wildman–Crippen MR) is 152 cm³/mol. The molecule has 4 aromatic rings. The van der Waals surface area contributed by atoms with E-state index in [2.05, 4.69) is 16.4 Å². The van der Waals surface area contributed by atoms with Crippen molar-refractivity contribution in [3.8, 4) is 0 Å². The van der Waals surface area contributed by atoms with Gasteiger partial charge in [-0.05, 0) is 35.4 Å². The van der Waals surface area contributed by atoms with Gasteiger partial charge >= 0.3 is 0 Å². The van der Waals surface area contributed by atoms with Crippen LogP contribution in [0.15, 0.2) is 97.1 Å². The van der Waals surface area contributed by atoms with Crippen LogP contribution in [0.5, 0.6) is 0 Å². The molecule has 0 saturated carbocycles. The summed E-state index contributed by atoms with van der Waals surface area (Å²) in [5.41, 5.74) is 13.6. The van der Waals surface area contributed by atoms with E-state index in [1.165, 1.54) is 0 Å². The normalized spacial score (nSPS) is 9.55. The first-order valence-electron chi connectivity index (χ1n) is 11.1. The van der Waals surface area contributed by atoms with Crippen molar-refractivity contribution in [3.63, 3.8) is 0 Å². The Hall–Kier alpha value is -3.15. The number of quaternary nitrogens is 1. The number of carbonyl (C=O) groups is 2. The molecule has 4 aromatic carbocycles. The van der Waals surface area contributed by atoms with Crippen molar-refractivity contribution in [1.29, 1.82) is 0 Å². The maximum absolute atomic E-state index is 12.0. The molecule has 2 amide bonds. The van der Waals surface area contributed by atoms with Gasteiger partial charge in [-0.15, -0.1) is 0 Å². The molecule has 7 N–H and O–H groups in total. The van der Waals surface area contributed by atoms with Gasteiger partial charge < -0.3 is 22.1 Å². The van der Waals surface area contributed by atoms with Crippen LogP contribution >= 0.6 is 23.2 Å². The summed E-state index contributed by atoms with van der Waals surface area (Å²) >= 11 is 11.9. The molecule has 6 nitrogen and oxygen atoms in total. The van der Waals surface area contributed by atoms with Gasteiger partial charge in [-0.1, -0.05) is 91.3 Å². The van der Waals surface area contributed by atoms with Crippen LogP contribution < -0.4 is 22.1 Å². The van der Waals surface area contributed by atoms with Crippen LogP contribution in [0.2, 0.25) is 10.0 Å². The molecule has 0 spiro atoms. The van der Waals surface area contributed by atoms with Crippen molar-refractivity contribution in [2.75, 3.05) is 5.73 Å². The molecule has 0 aliphatic heterocycles. The average molecular weight is 722 g/mol. The van der Waals surface area contributed by atoms with E-state index in [-0.39, 0.29) is 40.3 Å². The molecule has 0 fully saturated rings. The number of carbonyl (C=O) groups excluding carboxylic acids is 2. The van der Waals surface area contributed by atoms with Gasteiger partial charge in [0.25, 0.3) is 11.8 Å². The summed E-state index contributed by atoms with van der Waals surface area (Å²) in [6.45, 7) is 0.947. The fraction of sp³-hybridized carbons (Fsp3) is 0.103. The second-order valence-corrected chi connectivity index (χ2v) is 8.70. The molecule has 0 aliphatic carbocycles. The minimum Gasteiger partial charge on any atom is -0.399 e. The molecule has 0 bridgehead atoms. The molecule has 9 heteroatoms. The van der Waals surface area contributed by atoms with E-state index in [1.807, 2.05) is 60.7 Å². The van der Waals surface area contributed by atoms with Gasteiger partial charge in [0.2, 0.25) is 0 Å². The molecule has 0 heterocycles. The quantitative estimate of drug-likeness (QED) is 0.194. The van der Waals surface area contributed by atoms with E-state index in [9.17, 15) is 9.59 Å². The van der Waals surface area contributed by atoms with Gasteiger partial charge in [-0.2, -0.15) is 0 Å². The largest absolute Gasteiger partial charge is 0.399 e. The first-order valence-corrected chi connectivity index (χ1v) is 11.9. The summed E-state index contributed by atoms with van der Waals surface area (Å²) in [5.74, 6) is -0.412. The molecule has 0 unspecified atom stereocenters. The summed E-state index contributed by atoms with van der Waals surface area (Å²) in [7, 11) is 0. The van der Waals surface area contributed by atoms with Crippen LogP contribution in [0.3, 0.4) is 0 Å². The van der Waals surface area contributed by atoms with Crippen LogP contribution in [0.4, 0.5) is 11.4 Å². The number of anilines is 1. The van der Waals surface area contributed by atoms with Crippen LogP contribution in [-0.2, 0) is 34.2 Å². The molecular formula is C29H31Cl2N4O2W+. The Morgan fingerprint density at radius 1 is 0.684 bits per heavy atom. The molecule has 0 aromatic heterocycles. The third-order valence-electron chi connectivity index (χ3n) is 5.10. The molecule has 0 saturated heterocycles. The predicted octanol–water partition coefficient (Wildman–Crippen LogP) is 5.63. The number of nitrogens with two attached hydrogens (primary N) is 1. The summed E-state index contributed by atoms with van der Waals surface area (Å²) in [6, 6.07) is 29.4. The number of halogens is 2. The average Bonchev–Trinajstić information content (AvgIpc) is 2.90. The minimum atomic E-state index is -0.226. The molecule has 4 rings (SSSR count). The number of hydrogen-bond donors (Lipinski definition) is 4. The smallest absolute Gasteiger partial charge is 0.253 e. The Kier molecular flexibility index (Phi) is 14.4. The van der Waals surface area contributed by atoms with Gasteiger partial charge in [0.15, 0.2) is 0 Å². The summed E-state index contributed by atoms with van der Waals surface area (Å²) in [6.07, 6.45) is 0. The second kappa shape index (κ2) is 16.6. The Bertz CT molecular complexity index is 1220. The Labute approximate surface area is 248 Å². The molecule has 0 radical (unpaired) electrons. The topological polar surface area (TPSA) is 112 Å². The van der Waals surface area contributed by atoms with Crippen molar-refractivity contribution >= 4 is 46.4 Å². The second-order valence-electron chi connectivity index (χ2n) is 7.89. The molecule has 198 valence electrons. The Morgan fingerprint density at radius 3 is 1.58 bits per heavy atom. The summed E-state index contributed by atoms with van der Waals surface area (Å²) < 4.78 is 0. The summed E-state index contributed by atoms with van der Waals surface area (Å²) in [5, 5.41) is 6.47. The third-order valence-corrected chi connectivity index (χ3v) is 5.76. The number of amides is 2. The van der Waals surface area contributed by atoms with Crippen molar-refractivity contribution in [2.24, 2.45) is 0 Å².